The Labute approximate surface area is 183 Å². The quantitative estimate of drug-likeness (QED) is 0.345. The number of nitrogens with one attached hydrogen (secondary N) is 2. The van der Waals surface area contributed by atoms with Crippen molar-refractivity contribution < 1.29 is 14.2 Å². The van der Waals surface area contributed by atoms with Gasteiger partial charge in [-0.15, -0.1) is 24.0 Å². The van der Waals surface area contributed by atoms with Crippen LogP contribution in [0.1, 0.15) is 18.4 Å². The second-order valence-electron chi connectivity index (χ2n) is 6.34. The van der Waals surface area contributed by atoms with Gasteiger partial charge in [0, 0.05) is 26.7 Å². The molecule has 0 spiro atoms. The van der Waals surface area contributed by atoms with Gasteiger partial charge in [-0.1, -0.05) is 24.3 Å². The van der Waals surface area contributed by atoms with E-state index in [4.69, 9.17) is 14.2 Å². The molecule has 6 nitrogen and oxygen atoms in total. The number of hydrogen-bond acceptors (Lipinski definition) is 4. The first kappa shape index (κ1) is 22.3. The van der Waals surface area contributed by atoms with Crippen molar-refractivity contribution in [1.82, 2.24) is 10.6 Å². The molecule has 1 aliphatic rings. The first-order valence-electron chi connectivity index (χ1n) is 9.24. The highest BCUT2D eigenvalue weighted by atomic mass is 127. The summed E-state index contributed by atoms with van der Waals surface area (Å²) in [5.74, 6) is 2.96. The summed E-state index contributed by atoms with van der Waals surface area (Å²) >= 11 is 0. The average Bonchev–Trinajstić information content (AvgIpc) is 3.23. The monoisotopic (exact) mass is 497 g/mol. The minimum atomic E-state index is 0. The topological polar surface area (TPSA) is 64.1 Å². The molecule has 2 aromatic carbocycles. The fourth-order valence-corrected chi connectivity index (χ4v) is 2.93. The SMILES string of the molecule is CN=C(NCc1ccc(Oc2ccccc2OC)cc1)NCC1CCCO1.I. The van der Waals surface area contributed by atoms with Crippen LogP contribution in [0.4, 0.5) is 0 Å². The maximum atomic E-state index is 5.90. The Morgan fingerprint density at radius 2 is 1.86 bits per heavy atom. The number of guanidine groups is 1. The molecular weight excluding hydrogens is 469 g/mol. The van der Waals surface area contributed by atoms with Crippen LogP contribution in [0.15, 0.2) is 53.5 Å². The zero-order valence-corrected chi connectivity index (χ0v) is 18.6. The van der Waals surface area contributed by atoms with E-state index >= 15 is 0 Å². The fourth-order valence-electron chi connectivity index (χ4n) is 2.93. The van der Waals surface area contributed by atoms with Crippen LogP contribution in [0.5, 0.6) is 17.2 Å². The molecule has 0 amide bonds. The zero-order chi connectivity index (χ0) is 18.9. The number of benzene rings is 2. The van der Waals surface area contributed by atoms with Crippen LogP contribution in [-0.4, -0.2) is 39.4 Å². The Morgan fingerprint density at radius 1 is 1.11 bits per heavy atom. The van der Waals surface area contributed by atoms with Crippen LogP contribution in [0, 0.1) is 0 Å². The number of rotatable bonds is 7. The molecule has 0 aromatic heterocycles. The van der Waals surface area contributed by atoms with Gasteiger partial charge in [0.25, 0.3) is 0 Å². The minimum Gasteiger partial charge on any atom is -0.493 e. The lowest BCUT2D eigenvalue weighted by Gasteiger charge is -2.15. The molecule has 2 aromatic rings. The Hall–Kier alpha value is -2.00. The summed E-state index contributed by atoms with van der Waals surface area (Å²) < 4.78 is 16.8. The number of methoxy groups -OCH3 is 1. The summed E-state index contributed by atoms with van der Waals surface area (Å²) in [6, 6.07) is 15.6. The zero-order valence-electron chi connectivity index (χ0n) is 16.3. The summed E-state index contributed by atoms with van der Waals surface area (Å²) in [6.45, 7) is 2.33. The minimum absolute atomic E-state index is 0. The number of halogens is 1. The van der Waals surface area contributed by atoms with E-state index in [0.717, 1.165) is 43.3 Å². The Bertz CT molecular complexity index is 747. The summed E-state index contributed by atoms with van der Waals surface area (Å²) in [4.78, 5) is 4.26. The normalized spacial score (nSPS) is 16.2. The van der Waals surface area contributed by atoms with Crippen LogP contribution in [-0.2, 0) is 11.3 Å². The van der Waals surface area contributed by atoms with Crippen LogP contribution in [0.2, 0.25) is 0 Å². The van der Waals surface area contributed by atoms with Crippen molar-refractivity contribution in [3.63, 3.8) is 0 Å². The molecule has 1 saturated heterocycles. The molecule has 0 bridgehead atoms. The molecule has 152 valence electrons. The Balaban J connectivity index is 0.00000280. The van der Waals surface area contributed by atoms with Gasteiger partial charge in [-0.25, -0.2) is 0 Å². The summed E-state index contributed by atoms with van der Waals surface area (Å²) in [5.41, 5.74) is 1.14. The lowest BCUT2D eigenvalue weighted by atomic mass is 10.2. The van der Waals surface area contributed by atoms with E-state index in [1.165, 1.54) is 0 Å². The van der Waals surface area contributed by atoms with Crippen molar-refractivity contribution in [2.24, 2.45) is 4.99 Å². The smallest absolute Gasteiger partial charge is 0.191 e. The van der Waals surface area contributed by atoms with Crippen LogP contribution in [0.25, 0.3) is 0 Å². The molecule has 0 radical (unpaired) electrons. The second-order valence-corrected chi connectivity index (χ2v) is 6.34. The van der Waals surface area contributed by atoms with E-state index in [1.54, 1.807) is 14.2 Å². The van der Waals surface area contributed by atoms with Crippen molar-refractivity contribution in [2.75, 3.05) is 27.3 Å². The van der Waals surface area contributed by atoms with E-state index in [2.05, 4.69) is 15.6 Å². The standard InChI is InChI=1S/C21H27N3O3.HI/c1-22-21(24-15-18-6-5-13-26-18)23-14-16-9-11-17(12-10-16)27-20-8-4-3-7-19(20)25-2;/h3-4,7-12,18H,5-6,13-15H2,1-2H3,(H2,22,23,24);1H. The van der Waals surface area contributed by atoms with Gasteiger partial charge >= 0.3 is 0 Å². The molecule has 3 rings (SSSR count). The maximum Gasteiger partial charge on any atom is 0.191 e. The molecule has 28 heavy (non-hydrogen) atoms. The highest BCUT2D eigenvalue weighted by Gasteiger charge is 2.15. The molecule has 1 atom stereocenters. The second kappa shape index (κ2) is 11.8. The largest absolute Gasteiger partial charge is 0.493 e. The average molecular weight is 497 g/mol. The van der Waals surface area contributed by atoms with Gasteiger partial charge in [0.05, 0.1) is 13.2 Å². The third-order valence-corrected chi connectivity index (χ3v) is 4.42. The number of hydrogen-bond donors (Lipinski definition) is 2. The maximum absolute atomic E-state index is 5.90. The molecule has 2 N–H and O–H groups in total. The van der Waals surface area contributed by atoms with E-state index in [1.807, 2.05) is 48.5 Å². The number of ether oxygens (including phenoxy) is 3. The van der Waals surface area contributed by atoms with Crippen molar-refractivity contribution in [3.05, 3.63) is 54.1 Å². The third-order valence-electron chi connectivity index (χ3n) is 4.42. The van der Waals surface area contributed by atoms with Crippen molar-refractivity contribution >= 4 is 29.9 Å². The first-order chi connectivity index (χ1) is 13.3. The molecular formula is C21H28IN3O3. The van der Waals surface area contributed by atoms with Gasteiger partial charge in [-0.2, -0.15) is 0 Å². The number of nitrogens with zero attached hydrogens (tertiary/aromatic N) is 1. The lowest BCUT2D eigenvalue weighted by Crippen LogP contribution is -2.40. The molecule has 1 aliphatic heterocycles. The molecule has 1 fully saturated rings. The predicted molar refractivity (Wildman–Crippen MR) is 122 cm³/mol. The highest BCUT2D eigenvalue weighted by molar-refractivity contribution is 14.0. The van der Waals surface area contributed by atoms with Gasteiger partial charge in [0.1, 0.15) is 5.75 Å². The van der Waals surface area contributed by atoms with Crippen LogP contribution in [0.3, 0.4) is 0 Å². The summed E-state index contributed by atoms with van der Waals surface area (Å²) in [5, 5.41) is 6.63. The van der Waals surface area contributed by atoms with Crippen LogP contribution < -0.4 is 20.1 Å². The third kappa shape index (κ3) is 6.56. The molecule has 1 heterocycles. The van der Waals surface area contributed by atoms with E-state index in [9.17, 15) is 0 Å². The van der Waals surface area contributed by atoms with E-state index in [-0.39, 0.29) is 30.1 Å². The summed E-state index contributed by atoms with van der Waals surface area (Å²) in [6.07, 6.45) is 2.54. The van der Waals surface area contributed by atoms with E-state index in [0.29, 0.717) is 18.0 Å². The van der Waals surface area contributed by atoms with Crippen LogP contribution >= 0.6 is 24.0 Å². The number of para-hydroxylation sites is 2. The molecule has 1 unspecified atom stereocenters. The fraction of sp³-hybridized carbons (Fsp3) is 0.381. The van der Waals surface area contributed by atoms with Gasteiger partial charge in [0.15, 0.2) is 17.5 Å². The molecule has 7 heteroatoms. The number of aliphatic imine (C=N–C) groups is 1. The summed E-state index contributed by atoms with van der Waals surface area (Å²) in [7, 11) is 3.41. The first-order valence-corrected chi connectivity index (χ1v) is 9.24. The van der Waals surface area contributed by atoms with Crippen molar-refractivity contribution in [3.8, 4) is 17.2 Å². The molecule has 0 saturated carbocycles. The van der Waals surface area contributed by atoms with E-state index < -0.39 is 0 Å². The Kier molecular flexibility index (Phi) is 9.36. The Morgan fingerprint density at radius 3 is 2.50 bits per heavy atom. The highest BCUT2D eigenvalue weighted by Crippen LogP contribution is 2.30. The van der Waals surface area contributed by atoms with Gasteiger partial charge in [-0.05, 0) is 42.7 Å². The van der Waals surface area contributed by atoms with Gasteiger partial charge in [-0.3, -0.25) is 4.99 Å². The lowest BCUT2D eigenvalue weighted by molar-refractivity contribution is 0.114. The van der Waals surface area contributed by atoms with Gasteiger partial charge in [0.2, 0.25) is 0 Å². The van der Waals surface area contributed by atoms with Gasteiger partial charge < -0.3 is 24.8 Å². The van der Waals surface area contributed by atoms with Crippen molar-refractivity contribution in [2.45, 2.75) is 25.5 Å². The predicted octanol–water partition coefficient (Wildman–Crippen LogP) is 3.95. The molecule has 0 aliphatic carbocycles. The van der Waals surface area contributed by atoms with Crippen molar-refractivity contribution in [1.29, 1.82) is 0 Å².